The minimum Gasteiger partial charge on any atom is -0.397 e. The Balaban J connectivity index is 1.77. The Morgan fingerprint density at radius 2 is 2.12 bits per heavy atom. The molecule has 3 N–H and O–H groups in total. The Labute approximate surface area is 141 Å². The number of benzene rings is 1. The van der Waals surface area contributed by atoms with E-state index in [0.29, 0.717) is 18.8 Å². The number of nitrogens with two attached hydrogens (primary N) is 1. The molecule has 0 saturated carbocycles. The fraction of sp³-hybridized carbons (Fsp3) is 0.438. The van der Waals surface area contributed by atoms with Crippen LogP contribution in [0.5, 0.6) is 0 Å². The fourth-order valence-corrected chi connectivity index (χ4v) is 4.00. The van der Waals surface area contributed by atoms with Crippen molar-refractivity contribution in [3.63, 3.8) is 0 Å². The molecule has 1 saturated heterocycles. The second-order valence-electron chi connectivity index (χ2n) is 6.25. The van der Waals surface area contributed by atoms with Gasteiger partial charge >= 0.3 is 0 Å². The van der Waals surface area contributed by atoms with E-state index in [-0.39, 0.29) is 6.04 Å². The largest absolute Gasteiger partial charge is 0.397 e. The van der Waals surface area contributed by atoms with Crippen LogP contribution in [-0.4, -0.2) is 43.3 Å². The molecule has 24 heavy (non-hydrogen) atoms. The first kappa shape index (κ1) is 16.8. The average molecular weight is 350 g/mol. The van der Waals surface area contributed by atoms with E-state index in [2.05, 4.69) is 10.5 Å². The summed E-state index contributed by atoms with van der Waals surface area (Å²) in [4.78, 5) is 0. The molecule has 1 fully saturated rings. The Morgan fingerprint density at radius 1 is 1.38 bits per heavy atom. The highest BCUT2D eigenvalue weighted by atomic mass is 32.2. The number of aromatic nitrogens is 1. The zero-order valence-electron chi connectivity index (χ0n) is 14.0. The highest BCUT2D eigenvalue weighted by molar-refractivity contribution is 7.88. The van der Waals surface area contributed by atoms with Gasteiger partial charge in [-0.3, -0.25) is 0 Å². The van der Waals surface area contributed by atoms with Gasteiger partial charge in [0, 0.05) is 24.7 Å². The van der Waals surface area contributed by atoms with Crippen LogP contribution < -0.4 is 11.1 Å². The number of sulfonamides is 1. The molecule has 8 heteroatoms. The first-order valence-electron chi connectivity index (χ1n) is 7.80. The zero-order chi connectivity index (χ0) is 17.5. The predicted molar refractivity (Wildman–Crippen MR) is 94.3 cm³/mol. The highest BCUT2D eigenvalue weighted by Crippen LogP contribution is 2.32. The van der Waals surface area contributed by atoms with Gasteiger partial charge in [-0.2, -0.15) is 0 Å². The zero-order valence-corrected chi connectivity index (χ0v) is 14.9. The van der Waals surface area contributed by atoms with Gasteiger partial charge in [0.2, 0.25) is 10.0 Å². The maximum absolute atomic E-state index is 11.6. The van der Waals surface area contributed by atoms with Crippen LogP contribution in [0.3, 0.4) is 0 Å². The lowest BCUT2D eigenvalue weighted by Crippen LogP contribution is -2.30. The van der Waals surface area contributed by atoms with Crippen molar-refractivity contribution in [3.8, 4) is 11.1 Å². The molecule has 0 radical (unpaired) electrons. The molecule has 3 rings (SSSR count). The van der Waals surface area contributed by atoms with Crippen molar-refractivity contribution in [1.82, 2.24) is 9.46 Å². The molecular weight excluding hydrogens is 328 g/mol. The Hall–Kier alpha value is -2.06. The summed E-state index contributed by atoms with van der Waals surface area (Å²) < 4.78 is 29.9. The van der Waals surface area contributed by atoms with E-state index >= 15 is 0 Å². The van der Waals surface area contributed by atoms with Gasteiger partial charge in [0.1, 0.15) is 5.76 Å². The summed E-state index contributed by atoms with van der Waals surface area (Å²) in [7, 11) is -3.14. The number of nitrogen functional groups attached to an aromatic ring is 1. The molecule has 130 valence electrons. The van der Waals surface area contributed by atoms with Crippen molar-refractivity contribution in [3.05, 3.63) is 29.7 Å². The number of anilines is 2. The lowest BCUT2D eigenvalue weighted by atomic mass is 10.0. The van der Waals surface area contributed by atoms with E-state index in [1.54, 1.807) is 0 Å². The maximum atomic E-state index is 11.6. The molecule has 1 aromatic carbocycles. The van der Waals surface area contributed by atoms with Crippen LogP contribution in [0, 0.1) is 13.8 Å². The van der Waals surface area contributed by atoms with Crippen LogP contribution in [-0.2, 0) is 10.0 Å². The van der Waals surface area contributed by atoms with Crippen LogP contribution >= 0.6 is 0 Å². The van der Waals surface area contributed by atoms with E-state index < -0.39 is 10.0 Å². The minimum absolute atomic E-state index is 0.0620. The lowest BCUT2D eigenvalue weighted by molar-refractivity contribution is 0.393. The number of nitrogens with one attached hydrogen (secondary N) is 1. The number of hydrogen-bond acceptors (Lipinski definition) is 6. The smallest absolute Gasteiger partial charge is 0.211 e. The van der Waals surface area contributed by atoms with Crippen LogP contribution in [0.1, 0.15) is 17.9 Å². The van der Waals surface area contributed by atoms with Crippen molar-refractivity contribution in [2.75, 3.05) is 30.4 Å². The Morgan fingerprint density at radius 3 is 2.67 bits per heavy atom. The van der Waals surface area contributed by atoms with Gasteiger partial charge in [-0.15, -0.1) is 0 Å². The summed E-state index contributed by atoms with van der Waals surface area (Å²) in [6.07, 6.45) is 2.00. The van der Waals surface area contributed by atoms with Crippen molar-refractivity contribution in [2.45, 2.75) is 26.3 Å². The van der Waals surface area contributed by atoms with E-state index in [1.165, 1.54) is 10.6 Å². The molecule has 0 bridgehead atoms. The van der Waals surface area contributed by atoms with E-state index in [0.717, 1.165) is 34.7 Å². The van der Waals surface area contributed by atoms with Gasteiger partial charge < -0.3 is 15.6 Å². The van der Waals surface area contributed by atoms with Gasteiger partial charge in [-0.25, -0.2) is 12.7 Å². The predicted octanol–water partition coefficient (Wildman–Crippen LogP) is 1.99. The van der Waals surface area contributed by atoms with Gasteiger partial charge in [-0.05, 0) is 38.0 Å². The topological polar surface area (TPSA) is 101 Å². The summed E-state index contributed by atoms with van der Waals surface area (Å²) in [5, 5.41) is 7.31. The Bertz CT molecular complexity index is 841. The van der Waals surface area contributed by atoms with E-state index in [9.17, 15) is 8.42 Å². The quantitative estimate of drug-likeness (QED) is 0.818. The monoisotopic (exact) mass is 350 g/mol. The van der Waals surface area contributed by atoms with Crippen LogP contribution in [0.15, 0.2) is 22.7 Å². The van der Waals surface area contributed by atoms with Crippen molar-refractivity contribution in [2.24, 2.45) is 0 Å². The number of aryl methyl sites for hydroxylation is 2. The first-order valence-corrected chi connectivity index (χ1v) is 9.65. The molecule has 1 aromatic heterocycles. The normalized spacial score (nSPS) is 18.9. The number of hydrogen-bond donors (Lipinski definition) is 2. The molecule has 2 aromatic rings. The second kappa shape index (κ2) is 6.10. The summed E-state index contributed by atoms with van der Waals surface area (Å²) in [5.74, 6) is 0.757. The minimum atomic E-state index is -3.14. The summed E-state index contributed by atoms with van der Waals surface area (Å²) in [5.41, 5.74) is 10.3. The van der Waals surface area contributed by atoms with Gasteiger partial charge in [0.25, 0.3) is 0 Å². The Kier molecular flexibility index (Phi) is 4.27. The number of rotatable bonds is 4. The molecular formula is C16H22N4O3S. The molecule has 1 unspecified atom stereocenters. The van der Waals surface area contributed by atoms with Crippen molar-refractivity contribution < 1.29 is 12.9 Å². The third-order valence-corrected chi connectivity index (χ3v) is 5.62. The molecule has 0 amide bonds. The van der Waals surface area contributed by atoms with Crippen molar-refractivity contribution in [1.29, 1.82) is 0 Å². The highest BCUT2D eigenvalue weighted by Gasteiger charge is 2.28. The van der Waals surface area contributed by atoms with Gasteiger partial charge in [0.15, 0.2) is 0 Å². The molecule has 2 heterocycles. The lowest BCUT2D eigenvalue weighted by Gasteiger charge is -2.17. The average Bonchev–Trinajstić information content (AvgIpc) is 3.08. The molecule has 1 aliphatic rings. The van der Waals surface area contributed by atoms with E-state index in [1.807, 2.05) is 32.0 Å². The molecule has 7 nitrogen and oxygen atoms in total. The molecule has 0 spiro atoms. The van der Waals surface area contributed by atoms with Gasteiger partial charge in [0.05, 0.1) is 23.3 Å². The summed E-state index contributed by atoms with van der Waals surface area (Å²) in [6, 6.07) is 5.83. The third-order valence-electron chi connectivity index (χ3n) is 4.35. The standard InChI is InChI=1S/C16H22N4O3S/c1-10-16(11(2)23-19-10)12-4-5-15(14(17)8-12)18-13-6-7-20(9-13)24(3,21)22/h4-5,8,13,18H,6-7,9,17H2,1-3H3. The van der Waals surface area contributed by atoms with Crippen molar-refractivity contribution >= 4 is 21.4 Å². The van der Waals surface area contributed by atoms with E-state index in [4.69, 9.17) is 10.3 Å². The van der Waals surface area contributed by atoms with Crippen LogP contribution in [0.25, 0.3) is 11.1 Å². The van der Waals surface area contributed by atoms with Crippen LogP contribution in [0.2, 0.25) is 0 Å². The van der Waals surface area contributed by atoms with Crippen LogP contribution in [0.4, 0.5) is 11.4 Å². The number of nitrogens with zero attached hydrogens (tertiary/aromatic N) is 2. The maximum Gasteiger partial charge on any atom is 0.211 e. The molecule has 1 atom stereocenters. The molecule has 1 aliphatic heterocycles. The SMILES string of the molecule is Cc1noc(C)c1-c1ccc(NC2CCN(S(C)(=O)=O)C2)c(N)c1. The third kappa shape index (κ3) is 3.25. The summed E-state index contributed by atoms with van der Waals surface area (Å²) >= 11 is 0. The first-order chi connectivity index (χ1) is 11.3. The second-order valence-corrected chi connectivity index (χ2v) is 8.23. The summed E-state index contributed by atoms with van der Waals surface area (Å²) in [6.45, 7) is 4.76. The van der Waals surface area contributed by atoms with Gasteiger partial charge in [-0.1, -0.05) is 11.2 Å². The fourth-order valence-electron chi connectivity index (χ4n) is 3.11. The molecule has 0 aliphatic carbocycles.